The molecule has 0 radical (unpaired) electrons. The van der Waals surface area contributed by atoms with Crippen LogP contribution in [0, 0.1) is 0 Å². The fourth-order valence-corrected chi connectivity index (χ4v) is 2.04. The number of phenolic OH excluding ortho intramolecular Hbond substituents is 1. The Labute approximate surface area is 94.3 Å². The highest BCUT2D eigenvalue weighted by Crippen LogP contribution is 2.43. The summed E-state index contributed by atoms with van der Waals surface area (Å²) in [4.78, 5) is 0. The first kappa shape index (κ1) is 9.46. The van der Waals surface area contributed by atoms with Gasteiger partial charge in [0.25, 0.3) is 0 Å². The first-order valence-corrected chi connectivity index (χ1v) is 5.57. The SMILES string of the molecule is Cn1cc(C2CC2)c(-c2ccc(O)cc2)n1. The highest BCUT2D eigenvalue weighted by atomic mass is 16.3. The van der Waals surface area contributed by atoms with Gasteiger partial charge in [0, 0.05) is 24.4 Å². The molecule has 1 aliphatic rings. The average molecular weight is 214 g/mol. The zero-order valence-electron chi connectivity index (χ0n) is 9.22. The molecule has 0 saturated heterocycles. The molecule has 1 N–H and O–H groups in total. The molecule has 3 rings (SSSR count). The van der Waals surface area contributed by atoms with Crippen molar-refractivity contribution in [3.05, 3.63) is 36.0 Å². The molecule has 0 bridgehead atoms. The van der Waals surface area contributed by atoms with Crippen LogP contribution in [0.5, 0.6) is 5.75 Å². The molecule has 0 aliphatic heterocycles. The van der Waals surface area contributed by atoms with Crippen molar-refractivity contribution in [2.45, 2.75) is 18.8 Å². The second-order valence-corrected chi connectivity index (χ2v) is 4.43. The van der Waals surface area contributed by atoms with Crippen LogP contribution in [-0.2, 0) is 7.05 Å². The van der Waals surface area contributed by atoms with Gasteiger partial charge in [-0.2, -0.15) is 5.10 Å². The molecule has 1 aromatic heterocycles. The summed E-state index contributed by atoms with van der Waals surface area (Å²) < 4.78 is 1.87. The summed E-state index contributed by atoms with van der Waals surface area (Å²) in [6, 6.07) is 7.26. The number of aromatic hydroxyl groups is 1. The van der Waals surface area contributed by atoms with Crippen molar-refractivity contribution in [2.24, 2.45) is 7.05 Å². The second kappa shape index (κ2) is 3.37. The summed E-state index contributed by atoms with van der Waals surface area (Å²) >= 11 is 0. The number of aryl methyl sites for hydroxylation is 1. The number of hydrogen-bond donors (Lipinski definition) is 1. The summed E-state index contributed by atoms with van der Waals surface area (Å²) in [7, 11) is 1.95. The first-order valence-electron chi connectivity index (χ1n) is 5.57. The van der Waals surface area contributed by atoms with Gasteiger partial charge in [0.05, 0.1) is 5.69 Å². The molecule has 0 atom stereocenters. The van der Waals surface area contributed by atoms with E-state index < -0.39 is 0 Å². The molecule has 2 aromatic rings. The largest absolute Gasteiger partial charge is 0.508 e. The van der Waals surface area contributed by atoms with Gasteiger partial charge in [0.15, 0.2) is 0 Å². The van der Waals surface area contributed by atoms with Gasteiger partial charge in [-0.25, -0.2) is 0 Å². The Kier molecular flexibility index (Phi) is 1.99. The topological polar surface area (TPSA) is 38.0 Å². The van der Waals surface area contributed by atoms with Gasteiger partial charge in [-0.1, -0.05) is 0 Å². The van der Waals surface area contributed by atoms with Crippen LogP contribution in [0.25, 0.3) is 11.3 Å². The average Bonchev–Trinajstić information content (AvgIpc) is 3.04. The van der Waals surface area contributed by atoms with Gasteiger partial charge in [0.1, 0.15) is 5.75 Å². The first-order chi connectivity index (χ1) is 7.74. The van der Waals surface area contributed by atoms with Crippen LogP contribution in [0.2, 0.25) is 0 Å². The number of hydrogen-bond acceptors (Lipinski definition) is 2. The van der Waals surface area contributed by atoms with Crippen molar-refractivity contribution >= 4 is 0 Å². The lowest BCUT2D eigenvalue weighted by molar-refractivity contribution is 0.475. The number of aromatic nitrogens is 2. The van der Waals surface area contributed by atoms with Crippen LogP contribution < -0.4 is 0 Å². The van der Waals surface area contributed by atoms with Crippen molar-refractivity contribution in [3.8, 4) is 17.0 Å². The highest BCUT2D eigenvalue weighted by molar-refractivity contribution is 5.64. The molecule has 3 nitrogen and oxygen atoms in total. The third kappa shape index (κ3) is 1.58. The van der Waals surface area contributed by atoms with E-state index in [4.69, 9.17) is 0 Å². The molecule has 1 saturated carbocycles. The Bertz CT molecular complexity index is 509. The van der Waals surface area contributed by atoms with E-state index in [-0.39, 0.29) is 0 Å². The van der Waals surface area contributed by atoms with Crippen molar-refractivity contribution in [1.82, 2.24) is 9.78 Å². The molecule has 0 spiro atoms. The van der Waals surface area contributed by atoms with Gasteiger partial charge < -0.3 is 5.11 Å². The number of benzene rings is 1. The lowest BCUT2D eigenvalue weighted by atomic mass is 10.1. The fraction of sp³-hybridized carbons (Fsp3) is 0.308. The minimum Gasteiger partial charge on any atom is -0.508 e. The van der Waals surface area contributed by atoms with Crippen molar-refractivity contribution in [3.63, 3.8) is 0 Å². The van der Waals surface area contributed by atoms with Gasteiger partial charge in [-0.15, -0.1) is 0 Å². The van der Waals surface area contributed by atoms with Crippen LogP contribution in [0.1, 0.15) is 24.3 Å². The van der Waals surface area contributed by atoms with Crippen LogP contribution in [0.3, 0.4) is 0 Å². The number of rotatable bonds is 2. The molecule has 1 aromatic carbocycles. The predicted octanol–water partition coefficient (Wildman–Crippen LogP) is 2.67. The van der Waals surface area contributed by atoms with Crippen molar-refractivity contribution < 1.29 is 5.11 Å². The Morgan fingerprint density at radius 1 is 1.25 bits per heavy atom. The summed E-state index contributed by atoms with van der Waals surface area (Å²) in [5.74, 6) is 0.991. The van der Waals surface area contributed by atoms with E-state index in [1.807, 2.05) is 23.9 Å². The van der Waals surface area contributed by atoms with Crippen LogP contribution in [0.15, 0.2) is 30.5 Å². The second-order valence-electron chi connectivity index (χ2n) is 4.43. The highest BCUT2D eigenvalue weighted by Gasteiger charge is 2.28. The minimum atomic E-state index is 0.299. The number of nitrogens with zero attached hydrogens (tertiary/aromatic N) is 2. The quantitative estimate of drug-likeness (QED) is 0.834. The molecule has 82 valence electrons. The third-order valence-corrected chi connectivity index (χ3v) is 3.02. The lowest BCUT2D eigenvalue weighted by Crippen LogP contribution is -1.87. The van der Waals surface area contributed by atoms with E-state index in [0.717, 1.165) is 11.3 Å². The molecular weight excluding hydrogens is 200 g/mol. The molecule has 16 heavy (non-hydrogen) atoms. The molecule has 0 amide bonds. The molecule has 1 aliphatic carbocycles. The monoisotopic (exact) mass is 214 g/mol. The van der Waals surface area contributed by atoms with E-state index in [9.17, 15) is 5.11 Å². The van der Waals surface area contributed by atoms with Gasteiger partial charge in [-0.05, 0) is 43.0 Å². The maximum absolute atomic E-state index is 9.27. The van der Waals surface area contributed by atoms with E-state index >= 15 is 0 Å². The Balaban J connectivity index is 2.07. The van der Waals surface area contributed by atoms with Crippen LogP contribution in [0.4, 0.5) is 0 Å². The summed E-state index contributed by atoms with van der Waals surface area (Å²) in [5.41, 5.74) is 3.48. The van der Waals surface area contributed by atoms with Gasteiger partial charge in [0.2, 0.25) is 0 Å². The normalized spacial score (nSPS) is 15.3. The smallest absolute Gasteiger partial charge is 0.115 e. The Morgan fingerprint density at radius 2 is 1.94 bits per heavy atom. The third-order valence-electron chi connectivity index (χ3n) is 3.02. The molecule has 3 heteroatoms. The predicted molar refractivity (Wildman–Crippen MR) is 62.3 cm³/mol. The fourth-order valence-electron chi connectivity index (χ4n) is 2.04. The summed E-state index contributed by atoms with van der Waals surface area (Å²) in [6.45, 7) is 0. The van der Waals surface area contributed by atoms with E-state index in [1.165, 1.54) is 18.4 Å². The molecule has 1 fully saturated rings. The van der Waals surface area contributed by atoms with Crippen LogP contribution in [-0.4, -0.2) is 14.9 Å². The molecule has 0 unspecified atom stereocenters. The van der Waals surface area contributed by atoms with E-state index in [2.05, 4.69) is 11.3 Å². The maximum atomic E-state index is 9.27. The summed E-state index contributed by atoms with van der Waals surface area (Å²) in [5, 5.41) is 13.8. The molecule has 1 heterocycles. The zero-order chi connectivity index (χ0) is 11.1. The van der Waals surface area contributed by atoms with Gasteiger partial charge >= 0.3 is 0 Å². The van der Waals surface area contributed by atoms with E-state index in [1.54, 1.807) is 12.1 Å². The zero-order valence-corrected chi connectivity index (χ0v) is 9.22. The lowest BCUT2D eigenvalue weighted by Gasteiger charge is -2.00. The Hall–Kier alpha value is -1.77. The summed E-state index contributed by atoms with van der Waals surface area (Å²) in [6.07, 6.45) is 4.66. The van der Waals surface area contributed by atoms with E-state index in [0.29, 0.717) is 11.7 Å². The van der Waals surface area contributed by atoms with Gasteiger partial charge in [-0.3, -0.25) is 4.68 Å². The Morgan fingerprint density at radius 3 is 2.56 bits per heavy atom. The number of phenols is 1. The van der Waals surface area contributed by atoms with Crippen molar-refractivity contribution in [1.29, 1.82) is 0 Å². The maximum Gasteiger partial charge on any atom is 0.115 e. The van der Waals surface area contributed by atoms with Crippen molar-refractivity contribution in [2.75, 3.05) is 0 Å². The standard InChI is InChI=1S/C13H14N2O/c1-15-8-12(9-2-3-9)13(14-15)10-4-6-11(16)7-5-10/h4-9,16H,2-3H2,1H3. The molecular formula is C13H14N2O. The minimum absolute atomic E-state index is 0.299. The van der Waals surface area contributed by atoms with Crippen LogP contribution >= 0.6 is 0 Å².